The van der Waals surface area contributed by atoms with Crippen LogP contribution in [0, 0.1) is 6.92 Å². The molecule has 144 valence electrons. The van der Waals surface area contributed by atoms with Gasteiger partial charge < -0.3 is 15.1 Å². The summed E-state index contributed by atoms with van der Waals surface area (Å²) in [5.74, 6) is 1.68. The molecule has 1 amide bonds. The molecule has 0 atom stereocenters. The molecule has 1 aromatic carbocycles. The molecule has 1 fully saturated rings. The molecule has 0 radical (unpaired) electrons. The summed E-state index contributed by atoms with van der Waals surface area (Å²) in [6, 6.07) is 12.3. The minimum absolute atomic E-state index is 0.225. The normalized spacial score (nSPS) is 14.5. The topological polar surface area (TPSA) is 48.5 Å². The van der Waals surface area contributed by atoms with Gasteiger partial charge in [-0.25, -0.2) is 4.98 Å². The third kappa shape index (κ3) is 4.79. The van der Waals surface area contributed by atoms with Gasteiger partial charge in [0.15, 0.2) is 0 Å². The zero-order chi connectivity index (χ0) is 19.2. The Labute approximate surface area is 162 Å². The highest BCUT2D eigenvalue weighted by Gasteiger charge is 2.21. The number of benzene rings is 1. The summed E-state index contributed by atoms with van der Waals surface area (Å²) in [7, 11) is 0. The van der Waals surface area contributed by atoms with Gasteiger partial charge in [-0.2, -0.15) is 0 Å². The van der Waals surface area contributed by atoms with Crippen LogP contribution in [0.3, 0.4) is 0 Å². The number of aryl methyl sites for hydroxylation is 1. The molecule has 27 heavy (non-hydrogen) atoms. The van der Waals surface area contributed by atoms with Gasteiger partial charge in [0.1, 0.15) is 5.82 Å². The third-order valence-electron chi connectivity index (χ3n) is 5.17. The minimum atomic E-state index is 0.225. The number of hydrogen-bond donors (Lipinski definition) is 1. The first-order valence-electron chi connectivity index (χ1n) is 9.83. The van der Waals surface area contributed by atoms with Gasteiger partial charge in [0.2, 0.25) is 5.91 Å². The van der Waals surface area contributed by atoms with Crippen LogP contribution in [0.4, 0.5) is 11.5 Å². The van der Waals surface area contributed by atoms with Crippen LogP contribution < -0.4 is 10.2 Å². The number of pyridine rings is 1. The molecule has 3 rings (SSSR count). The van der Waals surface area contributed by atoms with Crippen molar-refractivity contribution in [1.29, 1.82) is 0 Å². The Morgan fingerprint density at radius 3 is 2.56 bits per heavy atom. The number of carbonyl (C=O) groups is 1. The Morgan fingerprint density at radius 2 is 1.89 bits per heavy atom. The lowest BCUT2D eigenvalue weighted by Crippen LogP contribution is -2.49. The van der Waals surface area contributed by atoms with E-state index < -0.39 is 0 Å². The van der Waals surface area contributed by atoms with E-state index in [-0.39, 0.29) is 5.91 Å². The maximum atomic E-state index is 12.6. The highest BCUT2D eigenvalue weighted by molar-refractivity contribution is 5.77. The molecule has 1 aromatic heterocycles. The smallest absolute Gasteiger partial charge is 0.224 e. The molecule has 2 aromatic rings. The second-order valence-electron chi connectivity index (χ2n) is 7.43. The fraction of sp³-hybridized carbons (Fsp3) is 0.455. The van der Waals surface area contributed by atoms with Gasteiger partial charge in [0, 0.05) is 51.0 Å². The van der Waals surface area contributed by atoms with Crippen LogP contribution in [0.1, 0.15) is 37.3 Å². The monoisotopic (exact) mass is 366 g/mol. The molecule has 2 heterocycles. The number of nitrogens with zero attached hydrogens (tertiary/aromatic N) is 3. The molecular formula is C22H30N4O. The van der Waals surface area contributed by atoms with Crippen LogP contribution in [0.15, 0.2) is 42.6 Å². The Hall–Kier alpha value is -2.56. The van der Waals surface area contributed by atoms with Crippen LogP contribution >= 0.6 is 0 Å². The molecule has 0 spiro atoms. The van der Waals surface area contributed by atoms with E-state index in [9.17, 15) is 4.79 Å². The number of aromatic nitrogens is 1. The predicted octanol–water partition coefficient (Wildman–Crippen LogP) is 3.66. The minimum Gasteiger partial charge on any atom is -0.384 e. The SMILES string of the molecule is Cc1cccc(C(C)C)c1NCCC(=O)N1CCN(c2ccccn2)CC1. The van der Waals surface area contributed by atoms with E-state index in [1.54, 1.807) is 0 Å². The van der Waals surface area contributed by atoms with Crippen LogP contribution in [-0.2, 0) is 4.79 Å². The number of carbonyl (C=O) groups excluding carboxylic acids is 1. The summed E-state index contributed by atoms with van der Waals surface area (Å²) in [4.78, 5) is 21.2. The Balaban J connectivity index is 1.48. The van der Waals surface area contributed by atoms with Crippen molar-refractivity contribution in [3.05, 3.63) is 53.7 Å². The number of para-hydroxylation sites is 1. The summed E-state index contributed by atoms with van der Waals surface area (Å²) in [5, 5.41) is 3.50. The lowest BCUT2D eigenvalue weighted by atomic mass is 9.98. The standard InChI is InChI=1S/C22H30N4O/c1-17(2)19-8-6-7-18(3)22(19)24-12-10-21(27)26-15-13-25(14-16-26)20-9-4-5-11-23-20/h4-9,11,17,24H,10,12-16H2,1-3H3. The number of piperazine rings is 1. The van der Waals surface area contributed by atoms with Crippen molar-refractivity contribution >= 4 is 17.4 Å². The number of hydrogen-bond acceptors (Lipinski definition) is 4. The van der Waals surface area contributed by atoms with Crippen LogP contribution in [0.2, 0.25) is 0 Å². The summed E-state index contributed by atoms with van der Waals surface area (Å²) in [6.45, 7) is 10.4. The van der Waals surface area contributed by atoms with E-state index in [0.29, 0.717) is 18.9 Å². The lowest BCUT2D eigenvalue weighted by Gasteiger charge is -2.35. The average molecular weight is 367 g/mol. The zero-order valence-electron chi connectivity index (χ0n) is 16.6. The van der Waals surface area contributed by atoms with Crippen molar-refractivity contribution in [3.63, 3.8) is 0 Å². The number of nitrogens with one attached hydrogen (secondary N) is 1. The average Bonchev–Trinajstić information content (AvgIpc) is 2.69. The molecule has 1 saturated heterocycles. The summed E-state index contributed by atoms with van der Waals surface area (Å²) < 4.78 is 0. The fourth-order valence-electron chi connectivity index (χ4n) is 3.59. The van der Waals surface area contributed by atoms with Crippen LogP contribution in [0.5, 0.6) is 0 Å². The molecular weight excluding hydrogens is 336 g/mol. The van der Waals surface area contributed by atoms with Crippen molar-refractivity contribution < 1.29 is 4.79 Å². The first-order valence-corrected chi connectivity index (χ1v) is 9.83. The van der Waals surface area contributed by atoms with Gasteiger partial charge in [-0.3, -0.25) is 4.79 Å². The molecule has 1 aliphatic rings. The first kappa shape index (κ1) is 19.2. The number of rotatable bonds is 6. The third-order valence-corrected chi connectivity index (χ3v) is 5.17. The molecule has 0 aliphatic carbocycles. The molecule has 0 unspecified atom stereocenters. The van der Waals surface area contributed by atoms with Crippen molar-refractivity contribution in [2.45, 2.75) is 33.1 Å². The largest absolute Gasteiger partial charge is 0.384 e. The summed E-state index contributed by atoms with van der Waals surface area (Å²) in [6.07, 6.45) is 2.34. The molecule has 0 bridgehead atoms. The maximum absolute atomic E-state index is 12.6. The van der Waals surface area contributed by atoms with Crippen molar-refractivity contribution in [2.75, 3.05) is 42.9 Å². The molecule has 1 aliphatic heterocycles. The number of anilines is 2. The maximum Gasteiger partial charge on any atom is 0.224 e. The Kier molecular flexibility index (Phi) is 6.32. The first-order chi connectivity index (χ1) is 13.1. The quantitative estimate of drug-likeness (QED) is 0.847. The van der Waals surface area contributed by atoms with E-state index in [1.807, 2.05) is 29.3 Å². The molecule has 1 N–H and O–H groups in total. The summed E-state index contributed by atoms with van der Waals surface area (Å²) >= 11 is 0. The van der Waals surface area contributed by atoms with Gasteiger partial charge in [-0.05, 0) is 36.1 Å². The van der Waals surface area contributed by atoms with E-state index in [0.717, 1.165) is 32.0 Å². The second kappa shape index (κ2) is 8.89. The second-order valence-corrected chi connectivity index (χ2v) is 7.43. The van der Waals surface area contributed by atoms with Crippen molar-refractivity contribution in [3.8, 4) is 0 Å². The van der Waals surface area contributed by atoms with Gasteiger partial charge in [-0.1, -0.05) is 38.1 Å². The predicted molar refractivity (Wildman–Crippen MR) is 111 cm³/mol. The Bertz CT molecular complexity index is 752. The van der Waals surface area contributed by atoms with Gasteiger partial charge in [0.25, 0.3) is 0 Å². The van der Waals surface area contributed by atoms with E-state index in [2.05, 4.69) is 54.2 Å². The zero-order valence-corrected chi connectivity index (χ0v) is 16.6. The van der Waals surface area contributed by atoms with Crippen molar-refractivity contribution in [2.24, 2.45) is 0 Å². The van der Waals surface area contributed by atoms with E-state index in [4.69, 9.17) is 0 Å². The highest BCUT2D eigenvalue weighted by atomic mass is 16.2. The Morgan fingerprint density at radius 1 is 1.11 bits per heavy atom. The summed E-state index contributed by atoms with van der Waals surface area (Å²) in [5.41, 5.74) is 3.73. The molecule has 0 saturated carbocycles. The van der Waals surface area contributed by atoms with Crippen LogP contribution in [0.25, 0.3) is 0 Å². The number of amides is 1. The van der Waals surface area contributed by atoms with Gasteiger partial charge in [-0.15, -0.1) is 0 Å². The van der Waals surface area contributed by atoms with Gasteiger partial charge >= 0.3 is 0 Å². The van der Waals surface area contributed by atoms with Crippen LogP contribution in [-0.4, -0.2) is 48.5 Å². The molecule has 5 nitrogen and oxygen atoms in total. The lowest BCUT2D eigenvalue weighted by molar-refractivity contribution is -0.131. The van der Waals surface area contributed by atoms with E-state index >= 15 is 0 Å². The highest BCUT2D eigenvalue weighted by Crippen LogP contribution is 2.27. The van der Waals surface area contributed by atoms with Crippen molar-refractivity contribution in [1.82, 2.24) is 9.88 Å². The van der Waals surface area contributed by atoms with E-state index in [1.165, 1.54) is 16.8 Å². The fourth-order valence-corrected chi connectivity index (χ4v) is 3.59. The van der Waals surface area contributed by atoms with Gasteiger partial charge in [0.05, 0.1) is 0 Å². The molecule has 5 heteroatoms.